The molecule has 258 valence electrons. The van der Waals surface area contributed by atoms with Crippen molar-refractivity contribution in [3.63, 3.8) is 0 Å². The van der Waals surface area contributed by atoms with Gasteiger partial charge in [0.25, 0.3) is 0 Å². The molecule has 0 aliphatic heterocycles. The lowest BCUT2D eigenvalue weighted by molar-refractivity contribution is 0.666. The van der Waals surface area contributed by atoms with Gasteiger partial charge in [0, 0.05) is 56.0 Å². The minimum Gasteiger partial charge on any atom is -0.310 e. The maximum atomic E-state index is 2.44. The zero-order valence-corrected chi connectivity index (χ0v) is 30.4. The molecule has 0 unspecified atom stereocenters. The Kier molecular flexibility index (Phi) is 7.48. The fourth-order valence-corrected chi connectivity index (χ4v) is 8.76. The number of nitrogens with zero attached hydrogens (tertiary/aromatic N) is 3. The summed E-state index contributed by atoms with van der Waals surface area (Å²) in [5.74, 6) is 0. The summed E-state index contributed by atoms with van der Waals surface area (Å²) in [7, 11) is 0. The molecular formula is C51H39N3. The highest BCUT2D eigenvalue weighted by atomic mass is 15.2. The van der Waals surface area contributed by atoms with Gasteiger partial charge in [0.2, 0.25) is 0 Å². The SMILES string of the molecule is CC1(C)c2ccccc2-c2ccc3c(c21)c1ccccc1n3-c1ccc(N(c2ccccc2)c2cccc(N(c3ccccc3)c3ccccc3)c2)cc1. The molecule has 9 aromatic rings. The highest BCUT2D eigenvalue weighted by Crippen LogP contribution is 2.53. The van der Waals surface area contributed by atoms with Gasteiger partial charge in [-0.15, -0.1) is 0 Å². The first-order valence-electron chi connectivity index (χ1n) is 18.7. The third kappa shape index (κ3) is 5.04. The Bertz CT molecular complexity index is 2740. The van der Waals surface area contributed by atoms with Crippen LogP contribution >= 0.6 is 0 Å². The van der Waals surface area contributed by atoms with Crippen LogP contribution in [0.15, 0.2) is 200 Å². The van der Waals surface area contributed by atoms with Crippen LogP contribution in [-0.4, -0.2) is 4.57 Å². The summed E-state index contributed by atoms with van der Waals surface area (Å²) >= 11 is 0. The van der Waals surface area contributed by atoms with Gasteiger partial charge in [0.15, 0.2) is 0 Å². The van der Waals surface area contributed by atoms with Gasteiger partial charge in [-0.2, -0.15) is 0 Å². The van der Waals surface area contributed by atoms with Crippen LogP contribution in [0.3, 0.4) is 0 Å². The minimum absolute atomic E-state index is 0.106. The summed E-state index contributed by atoms with van der Waals surface area (Å²) in [6.07, 6.45) is 0. The Labute approximate surface area is 316 Å². The van der Waals surface area contributed by atoms with Crippen LogP contribution in [0.4, 0.5) is 34.1 Å². The van der Waals surface area contributed by atoms with E-state index in [1.54, 1.807) is 0 Å². The largest absolute Gasteiger partial charge is 0.310 e. The maximum absolute atomic E-state index is 2.44. The summed E-state index contributed by atoms with van der Waals surface area (Å²) in [6, 6.07) is 72.2. The van der Waals surface area contributed by atoms with Crippen molar-refractivity contribution in [1.29, 1.82) is 0 Å². The monoisotopic (exact) mass is 693 g/mol. The Balaban J connectivity index is 1.10. The summed E-state index contributed by atoms with van der Waals surface area (Å²) < 4.78 is 2.44. The van der Waals surface area contributed by atoms with Crippen molar-refractivity contribution in [1.82, 2.24) is 4.57 Å². The first kappa shape index (κ1) is 31.9. The van der Waals surface area contributed by atoms with Gasteiger partial charge in [-0.25, -0.2) is 0 Å². The van der Waals surface area contributed by atoms with Crippen LogP contribution in [0.25, 0.3) is 38.6 Å². The van der Waals surface area contributed by atoms with Crippen molar-refractivity contribution in [2.45, 2.75) is 19.3 Å². The number of rotatable bonds is 7. The van der Waals surface area contributed by atoms with Crippen molar-refractivity contribution in [2.75, 3.05) is 9.80 Å². The van der Waals surface area contributed by atoms with Gasteiger partial charge in [-0.1, -0.05) is 123 Å². The first-order chi connectivity index (χ1) is 26.6. The van der Waals surface area contributed by atoms with Crippen molar-refractivity contribution in [3.8, 4) is 16.8 Å². The van der Waals surface area contributed by atoms with E-state index in [1.807, 2.05) is 0 Å². The highest BCUT2D eigenvalue weighted by molar-refractivity contribution is 6.14. The smallest absolute Gasteiger partial charge is 0.0544 e. The van der Waals surface area contributed by atoms with Gasteiger partial charge in [-0.05, 0) is 113 Å². The van der Waals surface area contributed by atoms with Crippen LogP contribution in [0, 0.1) is 0 Å². The van der Waals surface area contributed by atoms with E-state index in [4.69, 9.17) is 0 Å². The van der Waals surface area contributed by atoms with E-state index >= 15 is 0 Å². The summed E-state index contributed by atoms with van der Waals surface area (Å²) in [4.78, 5) is 4.66. The fourth-order valence-electron chi connectivity index (χ4n) is 8.76. The lowest BCUT2D eigenvalue weighted by Crippen LogP contribution is -2.15. The quantitative estimate of drug-likeness (QED) is 0.165. The third-order valence-corrected chi connectivity index (χ3v) is 11.1. The number of aromatic nitrogens is 1. The molecule has 1 heterocycles. The molecule has 54 heavy (non-hydrogen) atoms. The standard InChI is InChI=1S/C51H39N3/c1-51(2)46-27-14-12-25-43(46)44-33-34-48-49(50(44)51)45-26-13-15-28-47(45)54(48)40-31-29-39(30-32-40)53(38-21-10-5-11-22-38)42-24-16-23-41(35-42)52(36-17-6-3-7-18-36)37-19-8-4-9-20-37/h3-35H,1-2H3. The maximum Gasteiger partial charge on any atom is 0.0544 e. The van der Waals surface area contributed by atoms with Crippen molar-refractivity contribution >= 4 is 55.9 Å². The van der Waals surface area contributed by atoms with Gasteiger partial charge >= 0.3 is 0 Å². The molecule has 0 atom stereocenters. The van der Waals surface area contributed by atoms with Crippen molar-refractivity contribution in [3.05, 3.63) is 211 Å². The Morgan fingerprint density at radius 1 is 0.389 bits per heavy atom. The Morgan fingerprint density at radius 3 is 1.50 bits per heavy atom. The second kappa shape index (κ2) is 12.7. The lowest BCUT2D eigenvalue weighted by atomic mass is 9.80. The minimum atomic E-state index is -0.106. The van der Waals surface area contributed by atoms with E-state index in [0.717, 1.165) is 39.8 Å². The van der Waals surface area contributed by atoms with Crippen LogP contribution in [0.5, 0.6) is 0 Å². The molecule has 0 spiro atoms. The number of anilines is 6. The fraction of sp³-hybridized carbons (Fsp3) is 0.0588. The normalized spacial score (nSPS) is 12.8. The molecule has 8 aromatic carbocycles. The third-order valence-electron chi connectivity index (χ3n) is 11.1. The molecule has 3 nitrogen and oxygen atoms in total. The van der Waals surface area contributed by atoms with Gasteiger partial charge in [0.1, 0.15) is 0 Å². The van der Waals surface area contributed by atoms with Gasteiger partial charge < -0.3 is 14.4 Å². The highest BCUT2D eigenvalue weighted by Gasteiger charge is 2.38. The van der Waals surface area contributed by atoms with Crippen molar-refractivity contribution < 1.29 is 0 Å². The molecule has 0 saturated heterocycles. The second-order valence-corrected chi connectivity index (χ2v) is 14.6. The molecule has 1 aromatic heterocycles. The summed E-state index contributed by atoms with van der Waals surface area (Å²) in [5, 5.41) is 2.64. The average molecular weight is 694 g/mol. The van der Waals surface area contributed by atoms with E-state index in [-0.39, 0.29) is 5.41 Å². The molecule has 0 fully saturated rings. The molecule has 0 N–H and O–H groups in total. The molecule has 1 aliphatic rings. The number of benzene rings is 8. The number of fused-ring (bicyclic) bond motifs is 7. The van der Waals surface area contributed by atoms with Crippen LogP contribution in [0.2, 0.25) is 0 Å². The van der Waals surface area contributed by atoms with Crippen LogP contribution in [0.1, 0.15) is 25.0 Å². The zero-order valence-electron chi connectivity index (χ0n) is 30.4. The molecule has 1 aliphatic carbocycles. The molecule has 0 amide bonds. The predicted molar refractivity (Wildman–Crippen MR) is 228 cm³/mol. The molecule has 0 saturated carbocycles. The molecule has 10 rings (SSSR count). The van der Waals surface area contributed by atoms with E-state index < -0.39 is 0 Å². The Hall–Kier alpha value is -6.84. The average Bonchev–Trinajstić information content (AvgIpc) is 3.68. The Morgan fingerprint density at radius 2 is 0.889 bits per heavy atom. The molecule has 0 bridgehead atoms. The summed E-state index contributed by atoms with van der Waals surface area (Å²) in [6.45, 7) is 4.76. The summed E-state index contributed by atoms with van der Waals surface area (Å²) in [5.41, 5.74) is 15.6. The van der Waals surface area contributed by atoms with E-state index in [9.17, 15) is 0 Å². The zero-order chi connectivity index (χ0) is 36.2. The second-order valence-electron chi connectivity index (χ2n) is 14.6. The first-order valence-corrected chi connectivity index (χ1v) is 18.7. The van der Waals surface area contributed by atoms with Gasteiger partial charge in [0.05, 0.1) is 11.0 Å². The van der Waals surface area contributed by atoms with Crippen molar-refractivity contribution in [2.24, 2.45) is 0 Å². The molecule has 3 heteroatoms. The predicted octanol–water partition coefficient (Wildman–Crippen LogP) is 14.0. The number of para-hydroxylation sites is 4. The van der Waals surface area contributed by atoms with Crippen LogP contribution < -0.4 is 9.80 Å². The van der Waals surface area contributed by atoms with E-state index in [0.29, 0.717) is 0 Å². The lowest BCUT2D eigenvalue weighted by Gasteiger charge is -2.29. The molecular weight excluding hydrogens is 655 g/mol. The van der Waals surface area contributed by atoms with Crippen LogP contribution in [-0.2, 0) is 5.41 Å². The van der Waals surface area contributed by atoms with E-state index in [1.165, 1.54) is 44.1 Å². The number of hydrogen-bond donors (Lipinski definition) is 0. The van der Waals surface area contributed by atoms with E-state index in [2.05, 4.69) is 228 Å². The van der Waals surface area contributed by atoms with Gasteiger partial charge in [-0.3, -0.25) is 0 Å². The topological polar surface area (TPSA) is 11.4 Å². The number of hydrogen-bond acceptors (Lipinski definition) is 2. The molecule has 0 radical (unpaired) electrons.